The normalized spacial score (nSPS) is 10.8. The fraction of sp³-hybridized carbons (Fsp3) is 0.160. The Balaban J connectivity index is 1.63. The van der Waals surface area contributed by atoms with Crippen molar-refractivity contribution in [3.05, 3.63) is 99.3 Å². The summed E-state index contributed by atoms with van der Waals surface area (Å²) in [4.78, 5) is 12.8. The van der Waals surface area contributed by atoms with Crippen LogP contribution in [-0.2, 0) is 12.3 Å². The van der Waals surface area contributed by atoms with E-state index in [-0.39, 0.29) is 12.5 Å². The minimum Gasteiger partial charge on any atom is -0.496 e. The maximum absolute atomic E-state index is 12.8. The average molecular weight is 513 g/mol. The molecule has 0 aliphatic heterocycles. The Hall–Kier alpha value is -3.00. The summed E-state index contributed by atoms with van der Waals surface area (Å²) in [5.41, 5.74) is 3.44. The van der Waals surface area contributed by atoms with Crippen LogP contribution in [0.25, 0.3) is 5.69 Å². The number of aromatic nitrogens is 3. The van der Waals surface area contributed by atoms with Gasteiger partial charge in [0.15, 0.2) is 11.0 Å². The number of nitrogens with one attached hydrogen (secondary N) is 1. The van der Waals surface area contributed by atoms with Gasteiger partial charge in [-0.2, -0.15) is 0 Å². The Labute approximate surface area is 212 Å². The van der Waals surface area contributed by atoms with Gasteiger partial charge in [0, 0.05) is 10.8 Å². The van der Waals surface area contributed by atoms with Gasteiger partial charge in [-0.3, -0.25) is 9.36 Å². The van der Waals surface area contributed by atoms with E-state index in [0.717, 1.165) is 0 Å². The van der Waals surface area contributed by atoms with Crippen molar-refractivity contribution in [1.29, 1.82) is 0 Å². The minimum absolute atomic E-state index is 0.137. The third kappa shape index (κ3) is 5.55. The molecule has 4 rings (SSSR count). The lowest BCUT2D eigenvalue weighted by Gasteiger charge is -2.13. The molecule has 0 fully saturated rings. The Morgan fingerprint density at radius 2 is 1.88 bits per heavy atom. The zero-order chi connectivity index (χ0) is 24.1. The predicted molar refractivity (Wildman–Crippen MR) is 136 cm³/mol. The van der Waals surface area contributed by atoms with Crippen molar-refractivity contribution in [3.8, 4) is 11.4 Å². The average Bonchev–Trinajstić information content (AvgIpc) is 3.25. The first-order valence-electron chi connectivity index (χ1n) is 10.5. The topological polar surface area (TPSA) is 69.0 Å². The molecular weight excluding hydrogens is 491 g/mol. The van der Waals surface area contributed by atoms with Gasteiger partial charge in [-0.1, -0.05) is 76.9 Å². The molecule has 0 spiro atoms. The highest BCUT2D eigenvalue weighted by molar-refractivity contribution is 7.98. The number of ether oxygens (including phenoxy) is 1. The zero-order valence-corrected chi connectivity index (χ0v) is 20.9. The number of carbonyl (C=O) groups excluding carboxylic acids is 1. The van der Waals surface area contributed by atoms with E-state index in [2.05, 4.69) is 40.6 Å². The van der Waals surface area contributed by atoms with Crippen LogP contribution >= 0.6 is 35.0 Å². The summed E-state index contributed by atoms with van der Waals surface area (Å²) in [5, 5.41) is 13.3. The van der Waals surface area contributed by atoms with Crippen molar-refractivity contribution >= 4 is 40.9 Å². The van der Waals surface area contributed by atoms with Gasteiger partial charge in [-0.15, -0.1) is 10.2 Å². The monoisotopic (exact) mass is 512 g/mol. The van der Waals surface area contributed by atoms with Crippen LogP contribution in [0.1, 0.15) is 27.3 Å². The second-order valence-corrected chi connectivity index (χ2v) is 9.28. The molecule has 0 radical (unpaired) electrons. The lowest BCUT2D eigenvalue weighted by atomic mass is 10.2. The molecule has 174 valence electrons. The summed E-state index contributed by atoms with van der Waals surface area (Å²) in [7, 11) is 1.53. The van der Waals surface area contributed by atoms with Gasteiger partial charge in [0.25, 0.3) is 5.91 Å². The molecule has 0 aliphatic carbocycles. The van der Waals surface area contributed by atoms with Crippen molar-refractivity contribution < 1.29 is 9.53 Å². The number of thioether (sulfide) groups is 1. The van der Waals surface area contributed by atoms with Crippen molar-refractivity contribution in [1.82, 2.24) is 20.1 Å². The van der Waals surface area contributed by atoms with Crippen LogP contribution in [0.4, 0.5) is 0 Å². The van der Waals surface area contributed by atoms with Gasteiger partial charge in [-0.05, 0) is 42.8 Å². The number of hydrogen-bond donors (Lipinski definition) is 1. The van der Waals surface area contributed by atoms with E-state index in [0.29, 0.717) is 43.8 Å². The molecule has 4 aromatic rings. The van der Waals surface area contributed by atoms with Gasteiger partial charge < -0.3 is 10.1 Å². The molecule has 1 amide bonds. The number of benzene rings is 3. The molecule has 0 saturated carbocycles. The Bertz CT molecular complexity index is 1330. The number of rotatable bonds is 8. The van der Waals surface area contributed by atoms with E-state index in [1.54, 1.807) is 36.4 Å². The van der Waals surface area contributed by atoms with Crippen LogP contribution in [-0.4, -0.2) is 27.8 Å². The van der Waals surface area contributed by atoms with Gasteiger partial charge >= 0.3 is 0 Å². The van der Waals surface area contributed by atoms with E-state index < -0.39 is 0 Å². The second kappa shape index (κ2) is 11.0. The largest absolute Gasteiger partial charge is 0.496 e. The maximum atomic E-state index is 12.8. The first-order valence-corrected chi connectivity index (χ1v) is 12.2. The number of halogens is 2. The van der Waals surface area contributed by atoms with Gasteiger partial charge in [0.1, 0.15) is 5.75 Å². The highest BCUT2D eigenvalue weighted by Gasteiger charge is 2.19. The number of aryl methyl sites for hydroxylation is 1. The van der Waals surface area contributed by atoms with Crippen molar-refractivity contribution in [3.63, 3.8) is 0 Å². The Morgan fingerprint density at radius 3 is 2.68 bits per heavy atom. The Morgan fingerprint density at radius 1 is 1.06 bits per heavy atom. The summed E-state index contributed by atoms with van der Waals surface area (Å²) >= 11 is 14.3. The lowest BCUT2D eigenvalue weighted by Crippen LogP contribution is -2.25. The lowest BCUT2D eigenvalue weighted by molar-refractivity contribution is 0.0946. The summed E-state index contributed by atoms with van der Waals surface area (Å²) in [6, 6.07) is 20.5. The van der Waals surface area contributed by atoms with Crippen molar-refractivity contribution in [2.75, 3.05) is 7.11 Å². The van der Waals surface area contributed by atoms with Crippen LogP contribution in [0.15, 0.2) is 71.9 Å². The van der Waals surface area contributed by atoms with Crippen LogP contribution in [0.5, 0.6) is 5.75 Å². The van der Waals surface area contributed by atoms with Crippen LogP contribution < -0.4 is 10.1 Å². The van der Waals surface area contributed by atoms with Gasteiger partial charge in [0.05, 0.1) is 29.9 Å². The first-order chi connectivity index (χ1) is 16.5. The molecule has 34 heavy (non-hydrogen) atoms. The highest BCUT2D eigenvalue weighted by Crippen LogP contribution is 2.31. The van der Waals surface area contributed by atoms with E-state index >= 15 is 0 Å². The minimum atomic E-state index is -0.279. The number of nitrogens with zero attached hydrogens (tertiary/aromatic N) is 3. The van der Waals surface area contributed by atoms with E-state index in [9.17, 15) is 4.79 Å². The van der Waals surface area contributed by atoms with E-state index in [1.165, 1.54) is 30.0 Å². The second-order valence-electron chi connectivity index (χ2n) is 7.49. The molecule has 1 heterocycles. The molecule has 0 aliphatic rings. The third-order valence-corrected chi connectivity index (χ3v) is 6.61. The van der Waals surface area contributed by atoms with Gasteiger partial charge in [0.2, 0.25) is 0 Å². The molecule has 9 heteroatoms. The van der Waals surface area contributed by atoms with Crippen LogP contribution in [0.2, 0.25) is 10.0 Å². The molecular formula is C25H22Cl2N4O2S. The smallest absolute Gasteiger partial charge is 0.255 e. The molecule has 0 unspecified atom stereocenters. The van der Waals surface area contributed by atoms with Gasteiger partial charge in [-0.25, -0.2) is 0 Å². The highest BCUT2D eigenvalue weighted by atomic mass is 35.5. The quantitative estimate of drug-likeness (QED) is 0.288. The molecule has 0 bridgehead atoms. The number of para-hydroxylation sites is 1. The number of carbonyl (C=O) groups is 1. The summed E-state index contributed by atoms with van der Waals surface area (Å²) in [5.74, 6) is 1.44. The maximum Gasteiger partial charge on any atom is 0.255 e. The molecule has 0 saturated heterocycles. The molecule has 0 atom stereocenters. The van der Waals surface area contributed by atoms with Crippen molar-refractivity contribution in [2.24, 2.45) is 0 Å². The fourth-order valence-electron chi connectivity index (χ4n) is 3.44. The fourth-order valence-corrected chi connectivity index (χ4v) is 4.72. The SMILES string of the molecule is COc1ccccc1C(=O)NCc1nnc(SCc2cccc(C)c2)n1-c1cc(Cl)ccc1Cl. The number of amides is 1. The molecule has 3 aromatic carbocycles. The first kappa shape index (κ1) is 24.1. The third-order valence-electron chi connectivity index (χ3n) is 5.06. The molecule has 1 N–H and O–H groups in total. The molecule has 1 aromatic heterocycles. The zero-order valence-electron chi connectivity index (χ0n) is 18.6. The molecule has 6 nitrogen and oxygen atoms in total. The van der Waals surface area contributed by atoms with E-state index in [1.807, 2.05) is 16.7 Å². The number of methoxy groups -OCH3 is 1. The van der Waals surface area contributed by atoms with E-state index in [4.69, 9.17) is 27.9 Å². The van der Waals surface area contributed by atoms with Crippen LogP contribution in [0, 0.1) is 6.92 Å². The van der Waals surface area contributed by atoms with Crippen molar-refractivity contribution in [2.45, 2.75) is 24.4 Å². The summed E-state index contributed by atoms with van der Waals surface area (Å²) in [6.45, 7) is 2.20. The van der Waals surface area contributed by atoms with Crippen LogP contribution in [0.3, 0.4) is 0 Å². The Kier molecular flexibility index (Phi) is 7.77. The summed E-state index contributed by atoms with van der Waals surface area (Å²) < 4.78 is 7.13. The number of hydrogen-bond acceptors (Lipinski definition) is 5. The predicted octanol–water partition coefficient (Wildman–Crippen LogP) is 6.11. The summed E-state index contributed by atoms with van der Waals surface area (Å²) in [6.07, 6.45) is 0. The standard InChI is InChI=1S/C25H22Cl2N4O2S/c1-16-6-5-7-17(12-16)15-34-25-30-29-23(31(25)21-13-18(26)10-11-20(21)27)14-28-24(32)19-8-3-4-9-22(19)33-2/h3-13H,14-15H2,1-2H3,(H,28,32).